The second-order valence-corrected chi connectivity index (χ2v) is 8.88. The molecule has 1 aliphatic rings. The monoisotopic (exact) mass is 280 g/mol. The summed E-state index contributed by atoms with van der Waals surface area (Å²) in [5.41, 5.74) is 1.77. The van der Waals surface area contributed by atoms with Gasteiger partial charge in [-0.1, -0.05) is 20.8 Å². The van der Waals surface area contributed by atoms with Gasteiger partial charge in [0, 0.05) is 28.3 Å². The zero-order valence-electron chi connectivity index (χ0n) is 13.3. The van der Waals surface area contributed by atoms with Crippen molar-refractivity contribution < 1.29 is 0 Å². The van der Waals surface area contributed by atoms with Crippen LogP contribution in [0.25, 0.3) is 0 Å². The van der Waals surface area contributed by atoms with Gasteiger partial charge in [0.25, 0.3) is 0 Å². The molecule has 1 N–H and O–H groups in total. The summed E-state index contributed by atoms with van der Waals surface area (Å²) in [5.74, 6) is 0.607. The lowest BCUT2D eigenvalue weighted by molar-refractivity contribution is 0.387. The molecule has 1 unspecified atom stereocenters. The molecule has 0 saturated heterocycles. The molecule has 2 rings (SSSR count). The summed E-state index contributed by atoms with van der Waals surface area (Å²) in [6, 6.07) is 0. The lowest BCUT2D eigenvalue weighted by atomic mass is 9.90. The molecule has 0 radical (unpaired) electrons. The number of aryl methyl sites for hydroxylation is 1. The number of thiazole rings is 1. The molecular formula is C16H28N2S. The highest BCUT2D eigenvalue weighted by molar-refractivity contribution is 7.11. The van der Waals surface area contributed by atoms with Crippen molar-refractivity contribution in [3.63, 3.8) is 0 Å². The number of aromatic nitrogens is 1. The minimum atomic E-state index is 0.185. The molecule has 19 heavy (non-hydrogen) atoms. The van der Waals surface area contributed by atoms with Crippen LogP contribution in [-0.4, -0.2) is 17.1 Å². The summed E-state index contributed by atoms with van der Waals surface area (Å²) in [6.07, 6.45) is 3.83. The summed E-state index contributed by atoms with van der Waals surface area (Å²) < 4.78 is 0. The van der Waals surface area contributed by atoms with Gasteiger partial charge in [-0.2, -0.15) is 0 Å². The van der Waals surface area contributed by atoms with E-state index in [4.69, 9.17) is 4.98 Å². The number of hydrogen-bond donors (Lipinski definition) is 1. The zero-order valence-corrected chi connectivity index (χ0v) is 14.1. The van der Waals surface area contributed by atoms with E-state index >= 15 is 0 Å². The highest BCUT2D eigenvalue weighted by Gasteiger charge is 2.28. The molecule has 108 valence electrons. The first kappa shape index (κ1) is 15.0. The summed E-state index contributed by atoms with van der Waals surface area (Å²) in [6.45, 7) is 14.6. The van der Waals surface area contributed by atoms with Crippen molar-refractivity contribution in [1.82, 2.24) is 10.3 Å². The van der Waals surface area contributed by atoms with E-state index in [2.05, 4.69) is 46.9 Å². The van der Waals surface area contributed by atoms with Crippen LogP contribution in [0.4, 0.5) is 0 Å². The summed E-state index contributed by atoms with van der Waals surface area (Å²) in [7, 11) is 0. The highest BCUT2D eigenvalue weighted by atomic mass is 32.1. The van der Waals surface area contributed by atoms with Crippen molar-refractivity contribution in [1.29, 1.82) is 0 Å². The van der Waals surface area contributed by atoms with Crippen LogP contribution in [-0.2, 0) is 11.8 Å². The van der Waals surface area contributed by atoms with Crippen molar-refractivity contribution in [3.8, 4) is 0 Å². The first-order valence-corrected chi connectivity index (χ1v) is 8.23. The number of fused-ring (bicyclic) bond motifs is 1. The molecule has 1 heterocycles. The molecule has 3 heteroatoms. The highest BCUT2D eigenvalue weighted by Crippen LogP contribution is 2.38. The Labute approximate surface area is 122 Å². The van der Waals surface area contributed by atoms with Gasteiger partial charge in [0.1, 0.15) is 0 Å². The van der Waals surface area contributed by atoms with E-state index in [1.54, 1.807) is 0 Å². The molecule has 0 amide bonds. The molecule has 2 nitrogen and oxygen atoms in total. The van der Waals surface area contributed by atoms with Gasteiger partial charge < -0.3 is 5.32 Å². The Kier molecular flexibility index (Phi) is 4.08. The molecule has 1 aromatic rings. The van der Waals surface area contributed by atoms with Gasteiger partial charge in [0.05, 0.1) is 10.7 Å². The van der Waals surface area contributed by atoms with Crippen molar-refractivity contribution in [2.24, 2.45) is 0 Å². The minimum Gasteiger partial charge on any atom is -0.311 e. The average Bonchev–Trinajstić information content (AvgIpc) is 2.68. The Bertz CT molecular complexity index is 435. The maximum Gasteiger partial charge on any atom is 0.0984 e. The Morgan fingerprint density at radius 1 is 1.21 bits per heavy atom. The molecule has 0 aliphatic heterocycles. The maximum atomic E-state index is 4.98. The fourth-order valence-electron chi connectivity index (χ4n) is 2.46. The van der Waals surface area contributed by atoms with Crippen LogP contribution < -0.4 is 5.32 Å². The lowest BCUT2D eigenvalue weighted by Crippen LogP contribution is -2.39. The quantitative estimate of drug-likeness (QED) is 0.876. The summed E-state index contributed by atoms with van der Waals surface area (Å²) >= 11 is 1.94. The predicted octanol–water partition coefficient (Wildman–Crippen LogP) is 4.25. The lowest BCUT2D eigenvalue weighted by Gasteiger charge is -2.27. The standard InChI is InChI=1S/C16H28N2S/c1-15(2,3)14-18-13-11(10-17-16(4,5)6)8-7-9-12(13)19-14/h11,17H,7-10H2,1-6H3. The van der Waals surface area contributed by atoms with Crippen molar-refractivity contribution in [2.75, 3.05) is 6.54 Å². The van der Waals surface area contributed by atoms with E-state index in [0.29, 0.717) is 5.92 Å². The molecule has 0 aromatic carbocycles. The topological polar surface area (TPSA) is 24.9 Å². The van der Waals surface area contributed by atoms with Gasteiger partial charge in [0.15, 0.2) is 0 Å². The Morgan fingerprint density at radius 2 is 1.89 bits per heavy atom. The Balaban J connectivity index is 2.17. The normalized spacial score (nSPS) is 20.4. The van der Waals surface area contributed by atoms with Gasteiger partial charge in [-0.3, -0.25) is 0 Å². The van der Waals surface area contributed by atoms with Gasteiger partial charge in [-0.25, -0.2) is 4.98 Å². The Hall–Kier alpha value is -0.410. The van der Waals surface area contributed by atoms with Crippen LogP contribution in [0.15, 0.2) is 0 Å². The fourth-order valence-corrected chi connectivity index (χ4v) is 3.70. The van der Waals surface area contributed by atoms with Crippen LogP contribution in [0.5, 0.6) is 0 Å². The molecule has 0 fully saturated rings. The van der Waals surface area contributed by atoms with Crippen molar-refractivity contribution in [3.05, 3.63) is 15.6 Å². The molecule has 1 aromatic heterocycles. The van der Waals surface area contributed by atoms with E-state index in [1.807, 2.05) is 11.3 Å². The Morgan fingerprint density at radius 3 is 2.47 bits per heavy atom. The van der Waals surface area contributed by atoms with Gasteiger partial charge in [-0.05, 0) is 40.0 Å². The van der Waals surface area contributed by atoms with E-state index in [9.17, 15) is 0 Å². The molecule has 0 saturated carbocycles. The average molecular weight is 280 g/mol. The third kappa shape index (κ3) is 3.79. The minimum absolute atomic E-state index is 0.185. The summed E-state index contributed by atoms with van der Waals surface area (Å²) in [5, 5.41) is 4.95. The predicted molar refractivity (Wildman–Crippen MR) is 84.2 cm³/mol. The molecule has 1 atom stereocenters. The molecule has 0 bridgehead atoms. The maximum absolute atomic E-state index is 4.98. The van der Waals surface area contributed by atoms with Gasteiger partial charge in [0.2, 0.25) is 0 Å². The second kappa shape index (κ2) is 5.17. The van der Waals surface area contributed by atoms with E-state index < -0.39 is 0 Å². The third-order valence-electron chi connectivity index (χ3n) is 3.59. The smallest absolute Gasteiger partial charge is 0.0984 e. The van der Waals surface area contributed by atoms with Crippen molar-refractivity contribution >= 4 is 11.3 Å². The SMILES string of the molecule is CC(C)(C)NCC1CCCc2sc(C(C)(C)C)nc21. The zero-order chi connectivity index (χ0) is 14.3. The fraction of sp³-hybridized carbons (Fsp3) is 0.812. The van der Waals surface area contributed by atoms with Crippen LogP contribution in [0.1, 0.15) is 75.9 Å². The van der Waals surface area contributed by atoms with E-state index in [1.165, 1.54) is 34.8 Å². The first-order chi connectivity index (χ1) is 8.67. The molecule has 0 spiro atoms. The molecule has 1 aliphatic carbocycles. The second-order valence-electron chi connectivity index (χ2n) is 7.80. The van der Waals surface area contributed by atoms with Gasteiger partial charge >= 0.3 is 0 Å². The first-order valence-electron chi connectivity index (χ1n) is 7.42. The van der Waals surface area contributed by atoms with Crippen molar-refractivity contribution in [2.45, 2.75) is 77.7 Å². The third-order valence-corrected chi connectivity index (χ3v) is 5.15. The number of hydrogen-bond acceptors (Lipinski definition) is 3. The molecular weight excluding hydrogens is 252 g/mol. The number of rotatable bonds is 2. The van der Waals surface area contributed by atoms with E-state index in [-0.39, 0.29) is 11.0 Å². The van der Waals surface area contributed by atoms with Crippen LogP contribution in [0.2, 0.25) is 0 Å². The van der Waals surface area contributed by atoms with Crippen LogP contribution >= 0.6 is 11.3 Å². The number of nitrogens with zero attached hydrogens (tertiary/aromatic N) is 1. The number of nitrogens with one attached hydrogen (secondary N) is 1. The summed E-state index contributed by atoms with van der Waals surface area (Å²) in [4.78, 5) is 6.52. The largest absolute Gasteiger partial charge is 0.311 e. The van der Waals surface area contributed by atoms with Crippen LogP contribution in [0.3, 0.4) is 0 Å². The van der Waals surface area contributed by atoms with E-state index in [0.717, 1.165) is 6.54 Å². The van der Waals surface area contributed by atoms with Crippen LogP contribution in [0, 0.1) is 0 Å². The van der Waals surface area contributed by atoms with Gasteiger partial charge in [-0.15, -0.1) is 11.3 Å².